The fraction of sp³-hybridized carbons (Fsp3) is 0.725. The van der Waals surface area contributed by atoms with Crippen LogP contribution in [-0.2, 0) is 30.1 Å². The van der Waals surface area contributed by atoms with Crippen molar-refractivity contribution in [2.24, 2.45) is 41.5 Å². The molecule has 0 saturated carbocycles. The Morgan fingerprint density at radius 3 is 2.23 bits per heavy atom. The molecular formula is C40H73N12O2S2+. The van der Waals surface area contributed by atoms with E-state index < -0.39 is 0 Å². The fourth-order valence-corrected chi connectivity index (χ4v) is 9.73. The summed E-state index contributed by atoms with van der Waals surface area (Å²) in [6.45, 7) is 12.9. The van der Waals surface area contributed by atoms with Crippen LogP contribution in [0.25, 0.3) is 0 Å². The van der Waals surface area contributed by atoms with Gasteiger partial charge in [0.1, 0.15) is 11.5 Å². The lowest BCUT2D eigenvalue weighted by Crippen LogP contribution is -2.45. The lowest BCUT2D eigenvalue weighted by molar-refractivity contribution is -0.657. The highest BCUT2D eigenvalue weighted by Crippen LogP contribution is 2.39. The molecule has 1 atom stereocenters. The zero-order chi connectivity index (χ0) is 40.4. The molecule has 1 aromatic carbocycles. The molecule has 1 aliphatic heterocycles. The van der Waals surface area contributed by atoms with Crippen molar-refractivity contribution in [1.82, 2.24) is 24.6 Å². The lowest BCUT2D eigenvalue weighted by Gasteiger charge is -2.30. The van der Waals surface area contributed by atoms with Gasteiger partial charge in [0.2, 0.25) is 5.91 Å². The molecular weight excluding hydrogens is 745 g/mol. The Labute approximate surface area is 344 Å². The lowest BCUT2D eigenvalue weighted by atomic mass is 10.1. The number of carbonyl (C=O) groups excluding carboxylic acids is 2. The largest absolute Gasteiger partial charge is 0.421 e. The predicted molar refractivity (Wildman–Crippen MR) is 235 cm³/mol. The van der Waals surface area contributed by atoms with E-state index in [-0.39, 0.29) is 11.7 Å². The maximum atomic E-state index is 12.6. The van der Waals surface area contributed by atoms with Gasteiger partial charge in [-0.1, -0.05) is 52.5 Å². The van der Waals surface area contributed by atoms with Crippen LogP contribution in [0.4, 0.5) is 17.3 Å². The van der Waals surface area contributed by atoms with Crippen molar-refractivity contribution in [3.05, 3.63) is 36.2 Å². The summed E-state index contributed by atoms with van der Waals surface area (Å²) in [7, 11) is 7.87. The molecule has 14 nitrogen and oxygen atoms in total. The van der Waals surface area contributed by atoms with E-state index in [1.54, 1.807) is 0 Å². The number of hydrogen-bond acceptors (Lipinski definition) is 13. The number of carbonyl (C=O) groups is 2. The van der Waals surface area contributed by atoms with Crippen LogP contribution in [0.3, 0.4) is 0 Å². The third-order valence-electron chi connectivity index (χ3n) is 10.2. The minimum absolute atomic E-state index is 0.145. The number of imidazole rings is 1. The molecule has 0 bridgehead atoms. The van der Waals surface area contributed by atoms with Crippen molar-refractivity contribution in [3.8, 4) is 0 Å². The van der Waals surface area contributed by atoms with Gasteiger partial charge in [-0.3, -0.25) is 19.4 Å². The molecule has 1 unspecified atom stereocenters. The van der Waals surface area contributed by atoms with E-state index in [9.17, 15) is 9.59 Å². The Morgan fingerprint density at radius 2 is 1.59 bits per heavy atom. The van der Waals surface area contributed by atoms with Crippen LogP contribution in [0.1, 0.15) is 70.3 Å². The summed E-state index contributed by atoms with van der Waals surface area (Å²) in [5.41, 5.74) is 20.3. The summed E-state index contributed by atoms with van der Waals surface area (Å²) in [6, 6.07) is 5.98. The van der Waals surface area contributed by atoms with Gasteiger partial charge >= 0.3 is 5.95 Å². The number of aromatic nitrogens is 2. The highest BCUT2D eigenvalue weighted by molar-refractivity contribution is 8.77. The molecule has 0 radical (unpaired) electrons. The Balaban J connectivity index is 1.63. The molecule has 1 aliphatic rings. The first-order chi connectivity index (χ1) is 27.3. The van der Waals surface area contributed by atoms with E-state index in [0.29, 0.717) is 51.1 Å². The van der Waals surface area contributed by atoms with E-state index in [1.165, 1.54) is 18.6 Å². The van der Waals surface area contributed by atoms with Crippen molar-refractivity contribution in [3.63, 3.8) is 0 Å². The van der Waals surface area contributed by atoms with Crippen molar-refractivity contribution in [1.29, 1.82) is 0 Å². The van der Waals surface area contributed by atoms with E-state index in [0.717, 1.165) is 120 Å². The van der Waals surface area contributed by atoms with Crippen LogP contribution in [0.2, 0.25) is 0 Å². The number of rotatable bonds is 32. The number of azo groups is 1. The van der Waals surface area contributed by atoms with Gasteiger partial charge in [0.05, 0.1) is 32.2 Å². The summed E-state index contributed by atoms with van der Waals surface area (Å²) >= 11 is 0. The van der Waals surface area contributed by atoms with E-state index in [4.69, 9.17) is 17.2 Å². The molecule has 1 saturated heterocycles. The molecule has 2 heterocycles. The Kier molecular flexibility index (Phi) is 24.6. The molecule has 8 N–H and O–H groups in total. The van der Waals surface area contributed by atoms with Crippen molar-refractivity contribution < 1.29 is 14.2 Å². The van der Waals surface area contributed by atoms with Gasteiger partial charge in [-0.05, 0) is 62.9 Å². The van der Waals surface area contributed by atoms with Gasteiger partial charge in [-0.2, -0.15) is 0 Å². The number of benzene rings is 1. The zero-order valence-corrected chi connectivity index (χ0v) is 36.3. The van der Waals surface area contributed by atoms with Crippen LogP contribution in [-0.4, -0.2) is 134 Å². The Morgan fingerprint density at radius 1 is 0.875 bits per heavy atom. The predicted octanol–water partition coefficient (Wildman–Crippen LogP) is 3.98. The number of Topliss-reactive ketones (excluding diaryl/α,β-unsaturated/α-hetero) is 1. The second-order valence-corrected chi connectivity index (χ2v) is 17.5. The van der Waals surface area contributed by atoms with Gasteiger partial charge in [0.25, 0.3) is 0 Å². The quantitative estimate of drug-likeness (QED) is 0.0312. The molecule has 0 spiro atoms. The second-order valence-electron chi connectivity index (χ2n) is 14.7. The minimum Gasteiger partial charge on any atom is -0.382 e. The molecule has 16 heteroatoms. The number of nitrogens with two attached hydrogens (primary N) is 3. The summed E-state index contributed by atoms with van der Waals surface area (Å²) in [4.78, 5) is 32.2. The van der Waals surface area contributed by atoms with Crippen LogP contribution in [0.15, 0.2) is 40.8 Å². The van der Waals surface area contributed by atoms with Gasteiger partial charge in [0, 0.05) is 114 Å². The first-order valence-electron chi connectivity index (χ1n) is 20.9. The molecule has 3 rings (SSSR count). The Hall–Kier alpha value is -2.57. The maximum Gasteiger partial charge on any atom is 0.421 e. The van der Waals surface area contributed by atoms with Crippen LogP contribution in [0.5, 0.6) is 0 Å². The van der Waals surface area contributed by atoms with Gasteiger partial charge in [0.15, 0.2) is 0 Å². The number of nitrogens with one attached hydrogen (secondary N) is 2. The number of hydrogen-bond donors (Lipinski definition) is 5. The van der Waals surface area contributed by atoms with Gasteiger partial charge in [-0.25, -0.2) is 9.13 Å². The molecule has 316 valence electrons. The normalized spacial score (nSPS) is 14.6. The topological polar surface area (TPSA) is 180 Å². The third kappa shape index (κ3) is 19.2. The van der Waals surface area contributed by atoms with Crippen molar-refractivity contribution in [2.45, 2.75) is 76.4 Å². The Bertz CT molecular complexity index is 1400. The highest BCUT2D eigenvalue weighted by Gasteiger charge is 2.17. The number of nitrogens with zero attached hydrogens (tertiary/aromatic N) is 7. The summed E-state index contributed by atoms with van der Waals surface area (Å²) < 4.78 is 3.84. The number of anilines is 1. The monoisotopic (exact) mass is 818 g/mol. The van der Waals surface area contributed by atoms with Crippen LogP contribution in [0, 0.1) is 0 Å². The SMILES string of the molecule is CCC(=O)Cc1ccc(NCCN(CCN(CCN)CCCCCN)CCN(CCN)CCNC(=O)CCCCC2CCSS2)c(N=Nc2n(C)cc[n+]2C)c1. The van der Waals surface area contributed by atoms with E-state index in [1.807, 2.05) is 82.3 Å². The number of aryl methyl sites for hydroxylation is 2. The van der Waals surface area contributed by atoms with Crippen molar-refractivity contribution >= 4 is 50.6 Å². The summed E-state index contributed by atoms with van der Waals surface area (Å²) in [5, 5.41) is 16.8. The van der Waals surface area contributed by atoms with Gasteiger partial charge < -0.3 is 32.7 Å². The number of amides is 1. The maximum absolute atomic E-state index is 12.6. The number of unbranched alkanes of at least 4 members (excludes halogenated alkanes) is 3. The third-order valence-corrected chi connectivity index (χ3v) is 13.2. The van der Waals surface area contributed by atoms with Crippen LogP contribution >= 0.6 is 21.6 Å². The molecule has 1 aromatic heterocycles. The first-order valence-corrected chi connectivity index (χ1v) is 23.3. The van der Waals surface area contributed by atoms with E-state index in [2.05, 4.69) is 35.6 Å². The average molecular weight is 818 g/mol. The zero-order valence-electron chi connectivity index (χ0n) is 34.6. The molecule has 56 heavy (non-hydrogen) atoms. The molecule has 1 fully saturated rings. The summed E-state index contributed by atoms with van der Waals surface area (Å²) in [5.74, 6) is 2.31. The second kappa shape index (κ2) is 28.8. The highest BCUT2D eigenvalue weighted by atomic mass is 33.1. The summed E-state index contributed by atoms with van der Waals surface area (Å²) in [6.07, 6.45) is 13.2. The first kappa shape index (κ1) is 47.8. The molecule has 0 aliphatic carbocycles. The fourth-order valence-electron chi connectivity index (χ4n) is 6.70. The standard InChI is InChI=1S/C40H72N12O2S2/c1-4-35(53)32-34-12-13-37(38(33-34)46-47-40-48(2)25-26-49(40)3)44-18-23-52(29-27-50(21-16-42)20-9-5-8-15-41)30-28-51(22-17-43)24-19-45-39(54)11-7-6-10-36-14-31-55-56-36/h12-13,25-26,33,36H,4-11,14-24,27-32,41-43H2,1-3H3,(H,45,54)/p+1. The van der Waals surface area contributed by atoms with Crippen LogP contribution < -0.4 is 32.4 Å². The molecule has 2 aromatic rings. The van der Waals surface area contributed by atoms with Crippen molar-refractivity contribution in [2.75, 3.05) is 103 Å². The minimum atomic E-state index is 0.145. The molecule has 1 amide bonds. The smallest absolute Gasteiger partial charge is 0.382 e. The van der Waals surface area contributed by atoms with E-state index >= 15 is 0 Å². The van der Waals surface area contributed by atoms with Gasteiger partial charge in [-0.15, -0.1) is 0 Å². The average Bonchev–Trinajstić information content (AvgIpc) is 3.83. The number of ketones is 1.